The quantitative estimate of drug-likeness (QED) is 0.626. The minimum atomic E-state index is 0. The lowest BCUT2D eigenvalue weighted by atomic mass is 9.97. The van der Waals surface area contributed by atoms with Gasteiger partial charge in [0.05, 0.1) is 0 Å². The maximum atomic E-state index is 3.38. The molecule has 72 valence electrons. The first-order valence-electron chi connectivity index (χ1n) is 4.77. The fourth-order valence-corrected chi connectivity index (χ4v) is 0.640. The van der Waals surface area contributed by atoms with Gasteiger partial charge in [-0.25, -0.2) is 0 Å². The van der Waals surface area contributed by atoms with Crippen LogP contribution in [0.4, 0.5) is 0 Å². The van der Waals surface area contributed by atoms with Crippen molar-refractivity contribution < 1.29 is 1.43 Å². The molecule has 1 N–H and O–H groups in total. The zero-order chi connectivity index (χ0) is 9.33. The summed E-state index contributed by atoms with van der Waals surface area (Å²) in [5, 5.41) is 3.38. The van der Waals surface area contributed by atoms with E-state index in [4.69, 9.17) is 0 Å². The molecule has 0 aromatic rings. The van der Waals surface area contributed by atoms with Gasteiger partial charge in [-0.05, 0) is 24.9 Å². The van der Waals surface area contributed by atoms with Crippen LogP contribution in [-0.2, 0) is 0 Å². The maximum Gasteiger partial charge on any atom is 0 e. The summed E-state index contributed by atoms with van der Waals surface area (Å²) in [6, 6.07) is 0. The van der Waals surface area contributed by atoms with Crippen LogP contribution in [-0.4, -0.2) is 13.1 Å². The molecule has 0 aliphatic heterocycles. The van der Waals surface area contributed by atoms with Gasteiger partial charge in [0.1, 0.15) is 0 Å². The van der Waals surface area contributed by atoms with Crippen LogP contribution in [0.25, 0.3) is 0 Å². The second-order valence-corrected chi connectivity index (χ2v) is 3.74. The molecule has 0 rings (SSSR count). The Bertz CT molecular complexity index is 66.7. The second-order valence-electron chi connectivity index (χ2n) is 3.74. The molecule has 0 saturated heterocycles. The van der Waals surface area contributed by atoms with Crippen LogP contribution in [0.2, 0.25) is 0 Å². The molecule has 11 heavy (non-hydrogen) atoms. The fourth-order valence-electron chi connectivity index (χ4n) is 0.640. The lowest BCUT2D eigenvalue weighted by molar-refractivity contribution is 0.381. The van der Waals surface area contributed by atoms with E-state index in [9.17, 15) is 0 Å². The molecule has 0 aromatic carbocycles. The van der Waals surface area contributed by atoms with E-state index in [0.29, 0.717) is 5.41 Å². The van der Waals surface area contributed by atoms with Crippen molar-refractivity contribution in [2.45, 2.75) is 48.0 Å². The Hall–Kier alpha value is -0.0400. The van der Waals surface area contributed by atoms with Crippen LogP contribution in [0.15, 0.2) is 0 Å². The molecule has 0 amide bonds. The normalized spacial score (nSPS) is 10.4. The Morgan fingerprint density at radius 1 is 1.18 bits per heavy atom. The van der Waals surface area contributed by atoms with Crippen LogP contribution < -0.4 is 5.32 Å². The van der Waals surface area contributed by atoms with E-state index in [-0.39, 0.29) is 1.43 Å². The first-order chi connectivity index (χ1) is 5.06. The topological polar surface area (TPSA) is 12.0 Å². The molecule has 1 nitrogen and oxygen atoms in total. The Kier molecular flexibility index (Phi) is 9.92. The van der Waals surface area contributed by atoms with Gasteiger partial charge in [0.15, 0.2) is 0 Å². The smallest absolute Gasteiger partial charge is 0 e. The third-order valence-corrected chi connectivity index (χ3v) is 1.08. The van der Waals surface area contributed by atoms with E-state index in [1.54, 1.807) is 0 Å². The Balaban J connectivity index is -0.000000249. The highest BCUT2D eigenvalue weighted by Gasteiger charge is 2.07. The molecule has 0 radical (unpaired) electrons. The zero-order valence-electron chi connectivity index (χ0n) is 9.12. The highest BCUT2D eigenvalue weighted by Crippen LogP contribution is 2.09. The monoisotopic (exact) mass is 161 g/mol. The number of hydrogen-bond acceptors (Lipinski definition) is 1. The van der Waals surface area contributed by atoms with Crippen molar-refractivity contribution in [3.8, 4) is 0 Å². The van der Waals surface area contributed by atoms with Crippen LogP contribution in [0.5, 0.6) is 0 Å². The highest BCUT2D eigenvalue weighted by molar-refractivity contribution is 4.63. The molecule has 0 aromatic heterocycles. The van der Waals surface area contributed by atoms with Crippen LogP contribution in [0.1, 0.15) is 49.4 Å². The summed E-state index contributed by atoms with van der Waals surface area (Å²) in [5.41, 5.74) is 0.440. The summed E-state index contributed by atoms with van der Waals surface area (Å²) in [6.07, 6.45) is 1.23. The van der Waals surface area contributed by atoms with Gasteiger partial charge in [-0.3, -0.25) is 0 Å². The average Bonchev–Trinajstić information content (AvgIpc) is 1.90. The number of hydrogen-bond donors (Lipinski definition) is 1. The minimum absolute atomic E-state index is 0. The minimum Gasteiger partial charge on any atom is -0.316 e. The first kappa shape index (κ1) is 13.5. The fraction of sp³-hybridized carbons (Fsp3) is 1.00. The lowest BCUT2D eigenvalue weighted by Gasteiger charge is -2.18. The van der Waals surface area contributed by atoms with E-state index >= 15 is 0 Å². The maximum absolute atomic E-state index is 3.38. The Labute approximate surface area is 74.1 Å². The summed E-state index contributed by atoms with van der Waals surface area (Å²) in [6.45, 7) is 15.2. The van der Waals surface area contributed by atoms with Crippen LogP contribution >= 0.6 is 0 Å². The largest absolute Gasteiger partial charge is 0.316 e. The Morgan fingerprint density at radius 3 is 1.91 bits per heavy atom. The second kappa shape index (κ2) is 8.06. The molecule has 0 atom stereocenters. The summed E-state index contributed by atoms with van der Waals surface area (Å²) in [4.78, 5) is 0. The van der Waals surface area contributed by atoms with Gasteiger partial charge < -0.3 is 5.32 Å². The molecule has 0 spiro atoms. The molecule has 0 heterocycles. The van der Waals surface area contributed by atoms with Crippen molar-refractivity contribution in [2.75, 3.05) is 13.1 Å². The van der Waals surface area contributed by atoms with Gasteiger partial charge in [0.2, 0.25) is 0 Å². The molecule has 0 saturated carbocycles. The molecule has 0 unspecified atom stereocenters. The van der Waals surface area contributed by atoms with Gasteiger partial charge in [0, 0.05) is 1.43 Å². The molecule has 0 aliphatic carbocycles. The molecule has 1 heteroatoms. The van der Waals surface area contributed by atoms with Gasteiger partial charge in [-0.1, -0.05) is 41.5 Å². The standard InChI is InChI=1S/C8H19N.C2H6.H2/c1-5-6-9-7-8(2,3)4;1-2;/h9H,5-7H2,1-4H3;1-2H3;1H. The van der Waals surface area contributed by atoms with Crippen molar-refractivity contribution in [2.24, 2.45) is 5.41 Å². The van der Waals surface area contributed by atoms with E-state index < -0.39 is 0 Å². The van der Waals surface area contributed by atoms with Gasteiger partial charge in [-0.15, -0.1) is 0 Å². The summed E-state index contributed by atoms with van der Waals surface area (Å²) < 4.78 is 0. The van der Waals surface area contributed by atoms with Crippen molar-refractivity contribution in [3.05, 3.63) is 0 Å². The third-order valence-electron chi connectivity index (χ3n) is 1.08. The lowest BCUT2D eigenvalue weighted by Crippen LogP contribution is -2.27. The van der Waals surface area contributed by atoms with Crippen LogP contribution in [0.3, 0.4) is 0 Å². The Morgan fingerprint density at radius 2 is 1.64 bits per heavy atom. The van der Waals surface area contributed by atoms with E-state index in [1.807, 2.05) is 13.8 Å². The van der Waals surface area contributed by atoms with Gasteiger partial charge >= 0.3 is 0 Å². The number of rotatable bonds is 3. The summed E-state index contributed by atoms with van der Waals surface area (Å²) in [5.74, 6) is 0. The van der Waals surface area contributed by atoms with Crippen molar-refractivity contribution >= 4 is 0 Å². The zero-order valence-corrected chi connectivity index (χ0v) is 9.12. The summed E-state index contributed by atoms with van der Waals surface area (Å²) >= 11 is 0. The van der Waals surface area contributed by atoms with Crippen molar-refractivity contribution in [1.29, 1.82) is 0 Å². The third kappa shape index (κ3) is 17.8. The molecular weight excluding hydrogens is 134 g/mol. The highest BCUT2D eigenvalue weighted by atomic mass is 14.9. The van der Waals surface area contributed by atoms with Crippen molar-refractivity contribution in [3.63, 3.8) is 0 Å². The predicted molar refractivity (Wildman–Crippen MR) is 56.1 cm³/mol. The number of nitrogens with one attached hydrogen (secondary N) is 1. The van der Waals surface area contributed by atoms with E-state index in [0.717, 1.165) is 13.1 Å². The first-order valence-corrected chi connectivity index (χ1v) is 4.77. The molecule has 0 aliphatic rings. The van der Waals surface area contributed by atoms with E-state index in [1.165, 1.54) is 6.42 Å². The van der Waals surface area contributed by atoms with E-state index in [2.05, 4.69) is 33.0 Å². The molecular formula is C10H27N. The molecule has 0 fully saturated rings. The van der Waals surface area contributed by atoms with Crippen molar-refractivity contribution in [1.82, 2.24) is 5.32 Å². The SMILES string of the molecule is CC.CCCNCC(C)(C)C.[HH]. The average molecular weight is 161 g/mol. The predicted octanol–water partition coefficient (Wildman–Crippen LogP) is 3.30. The summed E-state index contributed by atoms with van der Waals surface area (Å²) in [7, 11) is 0. The van der Waals surface area contributed by atoms with Crippen LogP contribution in [0, 0.1) is 5.41 Å². The molecule has 0 bridgehead atoms. The van der Waals surface area contributed by atoms with Gasteiger partial charge in [0.25, 0.3) is 0 Å². The van der Waals surface area contributed by atoms with Gasteiger partial charge in [-0.2, -0.15) is 0 Å².